The highest BCUT2D eigenvalue weighted by atomic mass is 16.5. The van der Waals surface area contributed by atoms with Crippen LogP contribution in [0, 0.1) is 6.07 Å². The summed E-state index contributed by atoms with van der Waals surface area (Å²) >= 11 is 0. The van der Waals surface area contributed by atoms with Gasteiger partial charge in [0, 0.05) is 0 Å². The highest BCUT2D eigenvalue weighted by molar-refractivity contribution is 5.95. The number of carbonyl (C=O) groups is 1. The number of hydrogen-bond acceptors (Lipinski definition) is 2. The molecule has 1 radical (unpaired) electrons. The third kappa shape index (κ3) is 2.84. The van der Waals surface area contributed by atoms with Crippen molar-refractivity contribution in [2.45, 2.75) is 6.61 Å². The molecule has 0 aromatic heterocycles. The lowest BCUT2D eigenvalue weighted by Crippen LogP contribution is -2.13. The lowest BCUT2D eigenvalue weighted by Gasteiger charge is -2.08. The summed E-state index contributed by atoms with van der Waals surface area (Å²) in [7, 11) is 0. The van der Waals surface area contributed by atoms with Gasteiger partial charge in [-0.2, -0.15) is 0 Å². The van der Waals surface area contributed by atoms with Gasteiger partial charge in [-0.3, -0.25) is 4.79 Å². The summed E-state index contributed by atoms with van der Waals surface area (Å²) in [6.45, 7) is 0.402. The number of benzene rings is 2. The molecule has 0 heterocycles. The van der Waals surface area contributed by atoms with Crippen molar-refractivity contribution in [3.8, 4) is 5.75 Å². The first-order valence-electron chi connectivity index (χ1n) is 5.24. The van der Waals surface area contributed by atoms with Gasteiger partial charge in [-0.1, -0.05) is 42.5 Å². The third-order valence-corrected chi connectivity index (χ3v) is 2.30. The first-order valence-corrected chi connectivity index (χ1v) is 5.24. The van der Waals surface area contributed by atoms with Crippen LogP contribution in [0.1, 0.15) is 15.9 Å². The van der Waals surface area contributed by atoms with E-state index in [1.54, 1.807) is 18.2 Å². The van der Waals surface area contributed by atoms with Crippen LogP contribution in [0.4, 0.5) is 0 Å². The highest BCUT2D eigenvalue weighted by Gasteiger charge is 2.08. The van der Waals surface area contributed by atoms with Crippen molar-refractivity contribution in [1.82, 2.24) is 0 Å². The zero-order chi connectivity index (χ0) is 12.1. The van der Waals surface area contributed by atoms with E-state index in [1.807, 2.05) is 30.3 Å². The van der Waals surface area contributed by atoms with Crippen LogP contribution >= 0.6 is 0 Å². The highest BCUT2D eigenvalue weighted by Crippen LogP contribution is 2.18. The SMILES string of the molecule is NC(=O)c1[c]cccc1OCc1ccccc1. The van der Waals surface area contributed by atoms with E-state index in [2.05, 4.69) is 6.07 Å². The van der Waals surface area contributed by atoms with Gasteiger partial charge in [0.1, 0.15) is 12.4 Å². The van der Waals surface area contributed by atoms with E-state index in [9.17, 15) is 4.79 Å². The van der Waals surface area contributed by atoms with Crippen molar-refractivity contribution in [2.75, 3.05) is 0 Å². The van der Waals surface area contributed by atoms with E-state index < -0.39 is 5.91 Å². The van der Waals surface area contributed by atoms with Crippen LogP contribution in [0.15, 0.2) is 48.5 Å². The molecule has 0 spiro atoms. The molecule has 0 bridgehead atoms. The molecule has 0 fully saturated rings. The second-order valence-corrected chi connectivity index (χ2v) is 3.55. The average Bonchev–Trinajstić information content (AvgIpc) is 2.38. The van der Waals surface area contributed by atoms with Crippen LogP contribution in [0.25, 0.3) is 0 Å². The minimum Gasteiger partial charge on any atom is -0.488 e. The molecule has 0 atom stereocenters. The van der Waals surface area contributed by atoms with E-state index in [0.717, 1.165) is 5.56 Å². The predicted octanol–water partition coefficient (Wildman–Crippen LogP) is 2.16. The Morgan fingerprint density at radius 3 is 2.65 bits per heavy atom. The molecule has 0 aliphatic rings. The Bertz CT molecular complexity index is 509. The van der Waals surface area contributed by atoms with Crippen LogP contribution in [-0.4, -0.2) is 5.91 Å². The van der Waals surface area contributed by atoms with Gasteiger partial charge in [0.15, 0.2) is 0 Å². The second-order valence-electron chi connectivity index (χ2n) is 3.55. The number of carbonyl (C=O) groups excluding carboxylic acids is 1. The van der Waals surface area contributed by atoms with Gasteiger partial charge in [-0.25, -0.2) is 0 Å². The normalized spacial score (nSPS) is 9.88. The number of primary amides is 1. The minimum absolute atomic E-state index is 0.281. The predicted molar refractivity (Wildman–Crippen MR) is 64.6 cm³/mol. The smallest absolute Gasteiger partial charge is 0.253 e. The zero-order valence-electron chi connectivity index (χ0n) is 9.22. The molecule has 2 aromatic rings. The molecule has 0 saturated heterocycles. The first-order chi connectivity index (χ1) is 8.27. The maximum absolute atomic E-state index is 11.1. The largest absolute Gasteiger partial charge is 0.488 e. The Hall–Kier alpha value is -2.29. The lowest BCUT2D eigenvalue weighted by atomic mass is 10.2. The van der Waals surface area contributed by atoms with Crippen molar-refractivity contribution in [3.63, 3.8) is 0 Å². The molecule has 17 heavy (non-hydrogen) atoms. The van der Waals surface area contributed by atoms with Gasteiger partial charge >= 0.3 is 0 Å². The molecule has 2 rings (SSSR count). The van der Waals surface area contributed by atoms with E-state index in [1.165, 1.54) is 0 Å². The maximum Gasteiger partial charge on any atom is 0.253 e. The lowest BCUT2D eigenvalue weighted by molar-refractivity contribution is 0.0995. The van der Waals surface area contributed by atoms with Crippen molar-refractivity contribution in [2.24, 2.45) is 5.73 Å². The Balaban J connectivity index is 2.12. The summed E-state index contributed by atoms with van der Waals surface area (Å²) in [4.78, 5) is 11.1. The van der Waals surface area contributed by atoms with E-state index in [0.29, 0.717) is 12.4 Å². The third-order valence-electron chi connectivity index (χ3n) is 2.30. The summed E-state index contributed by atoms with van der Waals surface area (Å²) in [6, 6.07) is 17.6. The molecule has 3 nitrogen and oxygen atoms in total. The van der Waals surface area contributed by atoms with Crippen LogP contribution in [0.2, 0.25) is 0 Å². The summed E-state index contributed by atoms with van der Waals surface area (Å²) in [6.07, 6.45) is 0. The summed E-state index contributed by atoms with van der Waals surface area (Å²) in [5.74, 6) is -0.0717. The Kier molecular flexibility index (Phi) is 3.40. The second kappa shape index (κ2) is 5.16. The fourth-order valence-corrected chi connectivity index (χ4v) is 1.47. The van der Waals surface area contributed by atoms with Crippen molar-refractivity contribution < 1.29 is 9.53 Å². The topological polar surface area (TPSA) is 52.3 Å². The molecule has 0 saturated carbocycles. The summed E-state index contributed by atoms with van der Waals surface area (Å²) < 4.78 is 5.55. The summed E-state index contributed by atoms with van der Waals surface area (Å²) in [5.41, 5.74) is 6.55. The standard InChI is InChI=1S/C14H12NO2/c15-14(16)12-8-4-5-9-13(12)17-10-11-6-2-1-3-7-11/h1-7,9H,10H2,(H2,15,16). The van der Waals surface area contributed by atoms with E-state index >= 15 is 0 Å². The fraction of sp³-hybridized carbons (Fsp3) is 0.0714. The van der Waals surface area contributed by atoms with Gasteiger partial charge in [-0.15, -0.1) is 0 Å². The number of nitrogens with two attached hydrogens (primary N) is 1. The average molecular weight is 226 g/mol. The number of rotatable bonds is 4. The molecule has 2 aromatic carbocycles. The summed E-state index contributed by atoms with van der Waals surface area (Å²) in [5, 5.41) is 0. The Labute approximate surface area is 99.8 Å². The van der Waals surface area contributed by atoms with Crippen LogP contribution < -0.4 is 10.5 Å². The van der Waals surface area contributed by atoms with Crippen molar-refractivity contribution in [1.29, 1.82) is 0 Å². The Morgan fingerprint density at radius 2 is 1.94 bits per heavy atom. The van der Waals surface area contributed by atoms with Crippen LogP contribution in [0.3, 0.4) is 0 Å². The van der Waals surface area contributed by atoms with Crippen molar-refractivity contribution in [3.05, 3.63) is 65.7 Å². The number of hydrogen-bond donors (Lipinski definition) is 1. The fourth-order valence-electron chi connectivity index (χ4n) is 1.47. The van der Waals surface area contributed by atoms with E-state index in [-0.39, 0.29) is 5.56 Å². The molecule has 3 heteroatoms. The molecule has 0 aliphatic heterocycles. The maximum atomic E-state index is 11.1. The minimum atomic E-state index is -0.534. The number of ether oxygens (including phenoxy) is 1. The molecule has 2 N–H and O–H groups in total. The molecular formula is C14H12NO2. The molecule has 1 amide bonds. The van der Waals surface area contributed by atoms with Gasteiger partial charge < -0.3 is 10.5 Å². The van der Waals surface area contributed by atoms with Crippen LogP contribution in [-0.2, 0) is 6.61 Å². The molecule has 85 valence electrons. The Morgan fingerprint density at radius 1 is 1.18 bits per heavy atom. The van der Waals surface area contributed by atoms with Gasteiger partial charge in [0.25, 0.3) is 5.91 Å². The monoisotopic (exact) mass is 226 g/mol. The van der Waals surface area contributed by atoms with Crippen LogP contribution in [0.5, 0.6) is 5.75 Å². The zero-order valence-corrected chi connectivity index (χ0v) is 9.22. The van der Waals surface area contributed by atoms with Gasteiger partial charge in [-0.05, 0) is 17.7 Å². The quantitative estimate of drug-likeness (QED) is 0.868. The van der Waals surface area contributed by atoms with Gasteiger partial charge in [0.05, 0.1) is 5.56 Å². The van der Waals surface area contributed by atoms with E-state index in [4.69, 9.17) is 10.5 Å². The number of amides is 1. The molecule has 0 unspecified atom stereocenters. The van der Waals surface area contributed by atoms with Gasteiger partial charge in [0.2, 0.25) is 0 Å². The van der Waals surface area contributed by atoms with Crippen molar-refractivity contribution >= 4 is 5.91 Å². The molecular weight excluding hydrogens is 214 g/mol. The first kappa shape index (κ1) is 11.2. The molecule has 0 aliphatic carbocycles.